The van der Waals surface area contributed by atoms with Gasteiger partial charge in [0.05, 0.1) is 28.6 Å². The fourth-order valence-corrected chi connectivity index (χ4v) is 9.58. The molecule has 0 radical (unpaired) electrons. The van der Waals surface area contributed by atoms with Gasteiger partial charge in [0.2, 0.25) is 0 Å². The first kappa shape index (κ1) is 37.5. The molecule has 1 aromatic carbocycles. The summed E-state index contributed by atoms with van der Waals surface area (Å²) in [7, 11) is -1.16. The van der Waals surface area contributed by atoms with Crippen LogP contribution in [0.4, 0.5) is 5.82 Å². The number of nitrogens with zero attached hydrogens (tertiary/aromatic N) is 6. The number of rotatable bonds is 13. The molecule has 4 atom stereocenters. The van der Waals surface area contributed by atoms with Gasteiger partial charge in [-0.15, -0.1) is 0 Å². The molecule has 1 saturated heterocycles. The fraction of sp³-hybridized carbons (Fsp3) is 0.683. The van der Waals surface area contributed by atoms with Gasteiger partial charge in [-0.2, -0.15) is 0 Å². The second-order valence-electron chi connectivity index (χ2n) is 19.1. The van der Waals surface area contributed by atoms with Crippen LogP contribution < -0.4 is 5.73 Å². The predicted octanol–water partition coefficient (Wildman–Crippen LogP) is 8.03. The Hall–Kier alpha value is -2.83. The van der Waals surface area contributed by atoms with Gasteiger partial charge < -0.3 is 34.0 Å². The molecule has 11 heteroatoms. The zero-order valence-electron chi connectivity index (χ0n) is 33.4. The normalized spacial score (nSPS) is 26.2. The Balaban J connectivity index is 1.02. The Labute approximate surface area is 311 Å². The summed E-state index contributed by atoms with van der Waals surface area (Å²) in [5.74, 6) is 2.75. The van der Waals surface area contributed by atoms with Gasteiger partial charge in [-0.25, -0.2) is 15.0 Å². The smallest absolute Gasteiger partial charge is 0.163 e. The van der Waals surface area contributed by atoms with E-state index in [2.05, 4.69) is 103 Å². The number of nitrogen functional groups attached to an aromatic ring is 1. The highest BCUT2D eigenvalue weighted by molar-refractivity contribution is 6.76. The average molecular weight is 730 g/mol. The van der Waals surface area contributed by atoms with Crippen LogP contribution in [0.1, 0.15) is 85.2 Å². The van der Waals surface area contributed by atoms with Crippen molar-refractivity contribution in [3.63, 3.8) is 0 Å². The highest BCUT2D eigenvalue weighted by Gasteiger charge is 2.55. The molecule has 4 heterocycles. The topological polar surface area (TPSA) is 105 Å². The minimum atomic E-state index is -1.16. The first-order valence-corrected chi connectivity index (χ1v) is 23.4. The Morgan fingerprint density at radius 2 is 1.77 bits per heavy atom. The lowest BCUT2D eigenvalue weighted by atomic mass is 9.72. The van der Waals surface area contributed by atoms with E-state index in [9.17, 15) is 0 Å². The standard InChI is InChI=1S/C41H63N7O3Si/c1-26(2)46(23-29-20-34(37-36(29)50-41(6,7)51-37)47-14-13-31-38(42)43-24-44-39(31)47)22-28-17-27(18-28)19-35-45-32-21-30(40(3,4)5)11-12-33(32)48(35)25-49-15-16-52(8,9)10/h11-14,21,24,26-29,34,36-37H,15-20,22-23,25H2,1-10H3,(H2,42,43,44)/t27?,28?,29-,34-,36-,37+/m1/s1. The van der Waals surface area contributed by atoms with Crippen molar-refractivity contribution < 1.29 is 14.2 Å². The van der Waals surface area contributed by atoms with Crippen molar-refractivity contribution in [2.24, 2.45) is 17.8 Å². The molecule has 52 heavy (non-hydrogen) atoms. The van der Waals surface area contributed by atoms with Crippen molar-refractivity contribution in [1.82, 2.24) is 29.0 Å². The summed E-state index contributed by atoms with van der Waals surface area (Å²) in [5, 5.41) is 0.892. The average Bonchev–Trinajstić information content (AvgIpc) is 3.77. The molecule has 7 rings (SSSR count). The minimum absolute atomic E-state index is 0.0341. The molecule has 0 spiro atoms. The van der Waals surface area contributed by atoms with E-state index in [4.69, 9.17) is 24.9 Å². The Morgan fingerprint density at radius 1 is 1.02 bits per heavy atom. The molecule has 4 aromatic rings. The molecule has 284 valence electrons. The van der Waals surface area contributed by atoms with Crippen LogP contribution in [0.2, 0.25) is 25.7 Å². The van der Waals surface area contributed by atoms with Crippen LogP contribution in [0.3, 0.4) is 0 Å². The second-order valence-corrected chi connectivity index (χ2v) is 24.7. The number of ether oxygens (including phenoxy) is 3. The van der Waals surface area contributed by atoms with Crippen LogP contribution >= 0.6 is 0 Å². The van der Waals surface area contributed by atoms with Gasteiger partial charge in [0, 0.05) is 52.3 Å². The van der Waals surface area contributed by atoms with Gasteiger partial charge in [-0.05, 0) is 94.0 Å². The third kappa shape index (κ3) is 7.85. The third-order valence-corrected chi connectivity index (χ3v) is 13.6. The van der Waals surface area contributed by atoms with Gasteiger partial charge in [0.1, 0.15) is 36.5 Å². The first-order valence-electron chi connectivity index (χ1n) is 19.7. The Kier molecular flexibility index (Phi) is 10.2. The molecule has 10 nitrogen and oxygen atoms in total. The number of hydrogen-bond donors (Lipinski definition) is 1. The summed E-state index contributed by atoms with van der Waals surface area (Å²) >= 11 is 0. The zero-order valence-corrected chi connectivity index (χ0v) is 34.4. The Morgan fingerprint density at radius 3 is 2.48 bits per heavy atom. The number of benzene rings is 1. The van der Waals surface area contributed by atoms with Gasteiger partial charge in [-0.3, -0.25) is 0 Å². The van der Waals surface area contributed by atoms with Gasteiger partial charge >= 0.3 is 0 Å². The molecule has 2 saturated carbocycles. The van der Waals surface area contributed by atoms with Crippen LogP contribution in [0, 0.1) is 17.8 Å². The first-order chi connectivity index (χ1) is 24.5. The van der Waals surface area contributed by atoms with Crippen LogP contribution in [0.15, 0.2) is 36.8 Å². The van der Waals surface area contributed by atoms with E-state index in [1.807, 2.05) is 19.9 Å². The summed E-state index contributed by atoms with van der Waals surface area (Å²) in [5.41, 5.74) is 10.8. The van der Waals surface area contributed by atoms with E-state index in [1.165, 1.54) is 35.8 Å². The van der Waals surface area contributed by atoms with E-state index in [0.717, 1.165) is 49.1 Å². The molecule has 3 aliphatic rings. The molecule has 0 amide bonds. The summed E-state index contributed by atoms with van der Waals surface area (Å²) in [6.45, 7) is 26.3. The van der Waals surface area contributed by atoms with Crippen molar-refractivity contribution in [2.45, 2.75) is 142 Å². The summed E-state index contributed by atoms with van der Waals surface area (Å²) in [6.07, 6.45) is 8.10. The van der Waals surface area contributed by atoms with E-state index in [1.54, 1.807) is 6.33 Å². The lowest BCUT2D eigenvalue weighted by Crippen LogP contribution is -2.44. The van der Waals surface area contributed by atoms with Gasteiger partial charge in [0.25, 0.3) is 0 Å². The lowest BCUT2D eigenvalue weighted by molar-refractivity contribution is -0.161. The minimum Gasteiger partial charge on any atom is -0.383 e. The van der Waals surface area contributed by atoms with Crippen molar-refractivity contribution in [1.29, 1.82) is 0 Å². The predicted molar refractivity (Wildman–Crippen MR) is 212 cm³/mol. The van der Waals surface area contributed by atoms with E-state index >= 15 is 0 Å². The SMILES string of the molecule is CC(C)N(CC1CC(Cc2nc3cc(C(C)(C)C)ccc3n2COCC[Si](C)(C)C)C1)C[C@H]1C[C@@H](n2ccc3c(N)ncnc32)[C@@H]2OC(C)(C)O[C@H]12. The third-order valence-electron chi connectivity index (χ3n) is 11.9. The monoisotopic (exact) mass is 729 g/mol. The maximum absolute atomic E-state index is 6.64. The molecule has 2 aliphatic carbocycles. The van der Waals surface area contributed by atoms with E-state index in [-0.39, 0.29) is 23.7 Å². The van der Waals surface area contributed by atoms with Crippen LogP contribution in [-0.2, 0) is 32.8 Å². The number of aromatic nitrogens is 5. The van der Waals surface area contributed by atoms with Gasteiger partial charge in [0.15, 0.2) is 5.79 Å². The fourth-order valence-electron chi connectivity index (χ4n) is 8.82. The van der Waals surface area contributed by atoms with Crippen LogP contribution in [0.5, 0.6) is 0 Å². The molecular formula is C41H63N7O3Si. The molecule has 1 aliphatic heterocycles. The number of anilines is 1. The molecule has 0 bridgehead atoms. The molecule has 0 unspecified atom stereocenters. The summed E-state index contributed by atoms with van der Waals surface area (Å²) in [6, 6.07) is 10.6. The van der Waals surface area contributed by atoms with Crippen LogP contribution in [-0.4, -0.2) is 80.8 Å². The molecule has 3 fully saturated rings. The number of nitrogens with two attached hydrogens (primary N) is 1. The number of hydrogen-bond acceptors (Lipinski definition) is 8. The number of fused-ring (bicyclic) bond motifs is 3. The van der Waals surface area contributed by atoms with Crippen LogP contribution in [0.25, 0.3) is 22.1 Å². The summed E-state index contributed by atoms with van der Waals surface area (Å²) in [4.78, 5) is 16.8. The highest BCUT2D eigenvalue weighted by atomic mass is 28.3. The highest BCUT2D eigenvalue weighted by Crippen LogP contribution is 2.48. The maximum Gasteiger partial charge on any atom is 0.163 e. The zero-order chi connectivity index (χ0) is 37.2. The second kappa shape index (κ2) is 14.1. The van der Waals surface area contributed by atoms with Crippen molar-refractivity contribution in [2.75, 3.05) is 25.4 Å². The maximum atomic E-state index is 6.64. The van der Waals surface area contributed by atoms with Gasteiger partial charge in [-0.1, -0.05) is 46.5 Å². The van der Waals surface area contributed by atoms with Crippen molar-refractivity contribution in [3.05, 3.63) is 48.2 Å². The molecule has 2 N–H and O–H groups in total. The largest absolute Gasteiger partial charge is 0.383 e. The Bertz CT molecular complexity index is 1870. The quantitative estimate of drug-likeness (QED) is 0.109. The number of imidazole rings is 1. The summed E-state index contributed by atoms with van der Waals surface area (Å²) < 4.78 is 24.1. The van der Waals surface area contributed by atoms with E-state index in [0.29, 0.717) is 36.3 Å². The molecular weight excluding hydrogens is 667 g/mol. The van der Waals surface area contributed by atoms with Crippen molar-refractivity contribution >= 4 is 36.0 Å². The van der Waals surface area contributed by atoms with E-state index < -0.39 is 13.9 Å². The lowest BCUT2D eigenvalue weighted by Gasteiger charge is -2.41. The molecule has 3 aromatic heterocycles. The van der Waals surface area contributed by atoms with Crippen molar-refractivity contribution in [3.8, 4) is 0 Å².